The minimum atomic E-state index is -0.127. The van der Waals surface area contributed by atoms with E-state index in [4.69, 9.17) is 9.47 Å². The van der Waals surface area contributed by atoms with Gasteiger partial charge in [-0.25, -0.2) is 0 Å². The van der Waals surface area contributed by atoms with E-state index >= 15 is 0 Å². The van der Waals surface area contributed by atoms with Crippen LogP contribution in [0.5, 0.6) is 0 Å². The first-order valence-corrected chi connectivity index (χ1v) is 10.1. The number of ketones is 1. The quantitative estimate of drug-likeness (QED) is 0.500. The molecule has 1 aliphatic rings. The maximum atomic E-state index is 12.0. The first kappa shape index (κ1) is 23.6. The van der Waals surface area contributed by atoms with Crippen molar-refractivity contribution in [1.82, 2.24) is 10.6 Å². The Labute approximate surface area is 165 Å². The molecule has 0 bridgehead atoms. The van der Waals surface area contributed by atoms with Gasteiger partial charge < -0.3 is 20.1 Å². The number of nitrogens with one attached hydrogen (secondary N) is 2. The van der Waals surface area contributed by atoms with Crippen LogP contribution in [0.4, 0.5) is 0 Å². The van der Waals surface area contributed by atoms with Crippen molar-refractivity contribution >= 4 is 17.6 Å². The molecular formula is C20H40N2O5. The van der Waals surface area contributed by atoms with Crippen molar-refractivity contribution in [2.75, 3.05) is 33.0 Å². The third kappa shape index (κ3) is 9.86. The summed E-state index contributed by atoms with van der Waals surface area (Å²) in [6.07, 6.45) is 3.40. The highest BCUT2D eigenvalue weighted by Crippen LogP contribution is 2.27. The van der Waals surface area contributed by atoms with Gasteiger partial charge in [-0.05, 0) is 25.7 Å². The second-order valence-electron chi connectivity index (χ2n) is 7.78. The Balaban J connectivity index is 0. The molecule has 0 aromatic carbocycles. The highest BCUT2D eigenvalue weighted by molar-refractivity contribution is 5.83. The summed E-state index contributed by atoms with van der Waals surface area (Å²) in [6.45, 7) is 9.19. The molecule has 0 atom stereocenters. The summed E-state index contributed by atoms with van der Waals surface area (Å²) in [7, 11) is 0. The van der Waals surface area contributed by atoms with Crippen LogP contribution < -0.4 is 10.6 Å². The van der Waals surface area contributed by atoms with Crippen LogP contribution in [0.25, 0.3) is 0 Å². The zero-order chi connectivity index (χ0) is 20.2. The fourth-order valence-electron chi connectivity index (χ4n) is 3.10. The average molecular weight is 389 g/mol. The second-order valence-corrected chi connectivity index (χ2v) is 7.78. The molecule has 1 aliphatic carbocycles. The number of Topliss-reactive ketones (excluding diaryl/α,β-unsaturated/α-hetero) is 1. The van der Waals surface area contributed by atoms with Crippen LogP contribution in [0, 0.1) is 17.8 Å². The minimum Gasteiger partial charge on any atom is -0.377 e. The third-order valence-corrected chi connectivity index (χ3v) is 4.74. The Kier molecular flexibility index (Phi) is 11.2. The molecule has 7 heteroatoms. The lowest BCUT2D eigenvalue weighted by atomic mass is 9.80. The highest BCUT2D eigenvalue weighted by Gasteiger charge is 2.28. The Morgan fingerprint density at radius 1 is 0.926 bits per heavy atom. The van der Waals surface area contributed by atoms with Crippen LogP contribution in [0.2, 0.25) is 0 Å². The fraction of sp³-hybridized carbons (Fsp3) is 0.850. The van der Waals surface area contributed by atoms with Crippen molar-refractivity contribution < 1.29 is 26.7 Å². The Bertz CT molecular complexity index is 481. The standard InChI is InChI=1S/C20H36N2O5.2H2/c1-14(2)19(24)16-5-7-17(8-6-16)22-18(23)13-27-12-11-26-10-9-21-20(25)15(3)4;;/h14-17H,5-13H2,1-4H3,(H,21,25)(H,22,23);2*1H. The molecule has 0 heterocycles. The largest absolute Gasteiger partial charge is 0.377 e. The number of ether oxygens (including phenoxy) is 2. The SMILES string of the molecule is CC(C)C(=O)NCCOCCOCC(=O)NC1CCC(C(=O)C(C)C)CC1.[HH].[HH]. The van der Waals surface area contributed by atoms with E-state index in [0.717, 1.165) is 25.7 Å². The predicted octanol–water partition coefficient (Wildman–Crippen LogP) is 2.18. The van der Waals surface area contributed by atoms with Crippen molar-refractivity contribution in [3.8, 4) is 0 Å². The molecule has 0 radical (unpaired) electrons. The molecule has 1 rings (SSSR count). The molecule has 0 aliphatic heterocycles. The molecule has 1 fully saturated rings. The van der Waals surface area contributed by atoms with Crippen LogP contribution in [0.15, 0.2) is 0 Å². The minimum absolute atomic E-state index is 0. The monoisotopic (exact) mass is 388 g/mol. The molecule has 2 amide bonds. The van der Waals surface area contributed by atoms with Gasteiger partial charge in [-0.3, -0.25) is 14.4 Å². The molecule has 27 heavy (non-hydrogen) atoms. The van der Waals surface area contributed by atoms with Gasteiger partial charge in [0.1, 0.15) is 12.4 Å². The summed E-state index contributed by atoms with van der Waals surface area (Å²) in [5.41, 5.74) is 0. The van der Waals surface area contributed by atoms with Crippen molar-refractivity contribution in [2.45, 2.75) is 59.4 Å². The van der Waals surface area contributed by atoms with Crippen LogP contribution in [0.3, 0.4) is 0 Å². The molecule has 0 aromatic rings. The van der Waals surface area contributed by atoms with Crippen molar-refractivity contribution in [3.63, 3.8) is 0 Å². The zero-order valence-electron chi connectivity index (χ0n) is 17.2. The topological polar surface area (TPSA) is 93.7 Å². The molecule has 0 spiro atoms. The first-order valence-electron chi connectivity index (χ1n) is 10.1. The number of amides is 2. The summed E-state index contributed by atoms with van der Waals surface area (Å²) < 4.78 is 10.7. The van der Waals surface area contributed by atoms with E-state index in [2.05, 4.69) is 10.6 Å². The van der Waals surface area contributed by atoms with E-state index in [-0.39, 0.29) is 45.1 Å². The van der Waals surface area contributed by atoms with Gasteiger partial charge in [0.15, 0.2) is 0 Å². The maximum absolute atomic E-state index is 12.0. The van der Waals surface area contributed by atoms with Crippen molar-refractivity contribution in [3.05, 3.63) is 0 Å². The number of carbonyl (C=O) groups is 3. The van der Waals surface area contributed by atoms with E-state index in [1.54, 1.807) is 0 Å². The summed E-state index contributed by atoms with van der Waals surface area (Å²) in [5.74, 6) is 0.427. The summed E-state index contributed by atoms with van der Waals surface area (Å²) in [4.78, 5) is 35.3. The van der Waals surface area contributed by atoms with Crippen LogP contribution >= 0.6 is 0 Å². The lowest BCUT2D eigenvalue weighted by molar-refractivity contribution is -0.128. The number of hydrogen-bond acceptors (Lipinski definition) is 5. The summed E-state index contributed by atoms with van der Waals surface area (Å²) in [6, 6.07) is 0.137. The predicted molar refractivity (Wildman–Crippen MR) is 107 cm³/mol. The number of hydrogen-bond donors (Lipinski definition) is 2. The maximum Gasteiger partial charge on any atom is 0.246 e. The molecule has 7 nitrogen and oxygen atoms in total. The zero-order valence-corrected chi connectivity index (χ0v) is 17.2. The molecule has 2 N–H and O–H groups in total. The molecule has 0 aromatic heterocycles. The van der Waals surface area contributed by atoms with Crippen LogP contribution in [0.1, 0.15) is 56.2 Å². The number of rotatable bonds is 12. The summed E-state index contributed by atoms with van der Waals surface area (Å²) in [5, 5.41) is 5.74. The highest BCUT2D eigenvalue weighted by atomic mass is 16.5. The van der Waals surface area contributed by atoms with Gasteiger partial charge in [0.25, 0.3) is 0 Å². The lowest BCUT2D eigenvalue weighted by Crippen LogP contribution is -2.41. The third-order valence-electron chi connectivity index (χ3n) is 4.74. The van der Waals surface area contributed by atoms with Gasteiger partial charge in [-0.2, -0.15) is 0 Å². The Morgan fingerprint density at radius 2 is 1.56 bits per heavy atom. The van der Waals surface area contributed by atoms with Gasteiger partial charge in [-0.15, -0.1) is 0 Å². The van der Waals surface area contributed by atoms with Gasteiger partial charge >= 0.3 is 0 Å². The van der Waals surface area contributed by atoms with Gasteiger partial charge in [-0.1, -0.05) is 27.7 Å². The van der Waals surface area contributed by atoms with Crippen LogP contribution in [-0.2, 0) is 23.9 Å². The molecule has 0 saturated heterocycles. The smallest absolute Gasteiger partial charge is 0.246 e. The number of carbonyl (C=O) groups excluding carboxylic acids is 3. The van der Waals surface area contributed by atoms with Crippen molar-refractivity contribution in [1.29, 1.82) is 0 Å². The van der Waals surface area contributed by atoms with Crippen LogP contribution in [-0.4, -0.2) is 56.6 Å². The van der Waals surface area contributed by atoms with Gasteiger partial charge in [0.05, 0.1) is 19.8 Å². The Morgan fingerprint density at radius 3 is 2.15 bits per heavy atom. The first-order chi connectivity index (χ1) is 12.8. The average Bonchev–Trinajstić information content (AvgIpc) is 2.63. The molecule has 0 unspecified atom stereocenters. The summed E-state index contributed by atoms with van der Waals surface area (Å²) >= 11 is 0. The second kappa shape index (κ2) is 12.8. The van der Waals surface area contributed by atoms with E-state index in [0.29, 0.717) is 32.1 Å². The normalized spacial score (nSPS) is 19.9. The van der Waals surface area contributed by atoms with E-state index in [1.807, 2.05) is 27.7 Å². The Hall–Kier alpha value is -1.47. The molecule has 1 saturated carbocycles. The molecular weight excluding hydrogens is 348 g/mol. The van der Waals surface area contributed by atoms with E-state index in [1.165, 1.54) is 0 Å². The molecule has 160 valence electrons. The van der Waals surface area contributed by atoms with Crippen molar-refractivity contribution in [2.24, 2.45) is 17.8 Å². The van der Waals surface area contributed by atoms with Gasteiger partial charge in [0, 0.05) is 33.2 Å². The lowest BCUT2D eigenvalue weighted by Gasteiger charge is -2.29. The van der Waals surface area contributed by atoms with E-state index < -0.39 is 0 Å². The van der Waals surface area contributed by atoms with E-state index in [9.17, 15) is 14.4 Å². The van der Waals surface area contributed by atoms with Gasteiger partial charge in [0.2, 0.25) is 11.8 Å². The fourth-order valence-corrected chi connectivity index (χ4v) is 3.10.